The SMILES string of the molecule is CCCN(CC1CCCN1)S(=O)(=O)N(C)C1CCCCC1. The zero-order valence-electron chi connectivity index (χ0n) is 13.6. The van der Waals surface area contributed by atoms with Crippen molar-refractivity contribution in [1.82, 2.24) is 13.9 Å². The molecule has 2 rings (SSSR count). The van der Waals surface area contributed by atoms with Gasteiger partial charge < -0.3 is 5.32 Å². The first-order valence-electron chi connectivity index (χ1n) is 8.52. The lowest BCUT2D eigenvalue weighted by Gasteiger charge is -2.35. The molecule has 1 aliphatic heterocycles. The molecular formula is C15H31N3O2S. The molecule has 1 heterocycles. The Bertz CT molecular complexity index is 401. The zero-order valence-corrected chi connectivity index (χ0v) is 14.4. The second-order valence-corrected chi connectivity index (χ2v) is 8.46. The van der Waals surface area contributed by atoms with Crippen LogP contribution in [0.3, 0.4) is 0 Å². The molecule has 0 aromatic carbocycles. The van der Waals surface area contributed by atoms with E-state index in [2.05, 4.69) is 5.32 Å². The monoisotopic (exact) mass is 317 g/mol. The Morgan fingerprint density at radius 2 is 1.81 bits per heavy atom. The minimum atomic E-state index is -3.32. The van der Waals surface area contributed by atoms with E-state index in [0.29, 0.717) is 19.1 Å². The first-order chi connectivity index (χ1) is 10.1. The third-order valence-electron chi connectivity index (χ3n) is 4.84. The Hall–Kier alpha value is -0.170. The average molecular weight is 317 g/mol. The van der Waals surface area contributed by atoms with Gasteiger partial charge in [0.05, 0.1) is 0 Å². The van der Waals surface area contributed by atoms with Crippen molar-refractivity contribution in [2.45, 2.75) is 70.4 Å². The van der Waals surface area contributed by atoms with E-state index in [-0.39, 0.29) is 6.04 Å². The van der Waals surface area contributed by atoms with Gasteiger partial charge in [-0.15, -0.1) is 0 Å². The van der Waals surface area contributed by atoms with Crippen molar-refractivity contribution in [3.05, 3.63) is 0 Å². The Morgan fingerprint density at radius 3 is 2.38 bits per heavy atom. The second kappa shape index (κ2) is 7.90. The summed E-state index contributed by atoms with van der Waals surface area (Å²) in [5.74, 6) is 0. The molecule has 6 heteroatoms. The lowest BCUT2D eigenvalue weighted by molar-refractivity contribution is 0.257. The summed E-state index contributed by atoms with van der Waals surface area (Å²) in [6.07, 6.45) is 8.69. The van der Waals surface area contributed by atoms with Gasteiger partial charge in [0.1, 0.15) is 0 Å². The van der Waals surface area contributed by atoms with Crippen LogP contribution in [-0.4, -0.2) is 55.8 Å². The molecule has 0 aromatic rings. The van der Waals surface area contributed by atoms with Crippen LogP contribution in [0, 0.1) is 0 Å². The summed E-state index contributed by atoms with van der Waals surface area (Å²) in [6.45, 7) is 4.30. The zero-order chi connectivity index (χ0) is 15.3. The predicted molar refractivity (Wildman–Crippen MR) is 86.4 cm³/mol. The van der Waals surface area contributed by atoms with Crippen LogP contribution in [0.15, 0.2) is 0 Å². The summed E-state index contributed by atoms with van der Waals surface area (Å²) in [4.78, 5) is 0. The van der Waals surface area contributed by atoms with E-state index in [4.69, 9.17) is 0 Å². The van der Waals surface area contributed by atoms with E-state index in [1.165, 1.54) is 6.42 Å². The van der Waals surface area contributed by atoms with Gasteiger partial charge in [0.2, 0.25) is 0 Å². The normalized spacial score (nSPS) is 25.0. The van der Waals surface area contributed by atoms with Crippen LogP contribution in [-0.2, 0) is 10.2 Å². The van der Waals surface area contributed by atoms with Crippen LogP contribution in [0.25, 0.3) is 0 Å². The highest BCUT2D eigenvalue weighted by Gasteiger charge is 2.33. The molecule has 0 bridgehead atoms. The van der Waals surface area contributed by atoms with Crippen LogP contribution in [0.2, 0.25) is 0 Å². The smallest absolute Gasteiger partial charge is 0.282 e. The Morgan fingerprint density at radius 1 is 1.10 bits per heavy atom. The molecule has 2 fully saturated rings. The van der Waals surface area contributed by atoms with Crippen molar-refractivity contribution in [2.75, 3.05) is 26.7 Å². The van der Waals surface area contributed by atoms with Crippen LogP contribution in [0.4, 0.5) is 0 Å². The molecule has 0 radical (unpaired) electrons. The number of nitrogens with one attached hydrogen (secondary N) is 1. The first kappa shape index (κ1) is 17.2. The topological polar surface area (TPSA) is 52.7 Å². The van der Waals surface area contributed by atoms with Crippen molar-refractivity contribution in [3.63, 3.8) is 0 Å². The first-order valence-corrected chi connectivity index (χ1v) is 9.92. The van der Waals surface area contributed by atoms with Crippen molar-refractivity contribution in [3.8, 4) is 0 Å². The van der Waals surface area contributed by atoms with Crippen LogP contribution >= 0.6 is 0 Å². The lowest BCUT2D eigenvalue weighted by Crippen LogP contribution is -2.50. The van der Waals surface area contributed by atoms with Gasteiger partial charge in [-0.2, -0.15) is 17.0 Å². The van der Waals surface area contributed by atoms with Crippen LogP contribution < -0.4 is 5.32 Å². The van der Waals surface area contributed by atoms with E-state index >= 15 is 0 Å². The standard InChI is InChI=1S/C15H31N3O2S/c1-3-12-18(13-14-8-7-11-16-14)21(19,20)17(2)15-9-5-4-6-10-15/h14-16H,3-13H2,1-2H3. The molecule has 2 aliphatic rings. The highest BCUT2D eigenvalue weighted by molar-refractivity contribution is 7.86. The Labute approximate surface area is 130 Å². The molecule has 1 aliphatic carbocycles. The average Bonchev–Trinajstić information content (AvgIpc) is 3.00. The number of hydrogen-bond donors (Lipinski definition) is 1. The molecular weight excluding hydrogens is 286 g/mol. The number of hydrogen-bond acceptors (Lipinski definition) is 3. The second-order valence-electron chi connectivity index (χ2n) is 6.47. The van der Waals surface area contributed by atoms with E-state index in [0.717, 1.165) is 51.5 Å². The van der Waals surface area contributed by atoms with Crippen molar-refractivity contribution in [1.29, 1.82) is 0 Å². The van der Waals surface area contributed by atoms with Gasteiger partial charge in [0, 0.05) is 32.2 Å². The van der Waals surface area contributed by atoms with Crippen molar-refractivity contribution < 1.29 is 8.42 Å². The third-order valence-corrected chi connectivity index (χ3v) is 6.85. The molecule has 21 heavy (non-hydrogen) atoms. The molecule has 0 spiro atoms. The summed E-state index contributed by atoms with van der Waals surface area (Å²) < 4.78 is 29.2. The number of nitrogens with zero attached hydrogens (tertiary/aromatic N) is 2. The van der Waals surface area contributed by atoms with Crippen LogP contribution in [0.5, 0.6) is 0 Å². The molecule has 124 valence electrons. The maximum Gasteiger partial charge on any atom is 0.282 e. The van der Waals surface area contributed by atoms with Crippen molar-refractivity contribution >= 4 is 10.2 Å². The molecule has 1 atom stereocenters. The van der Waals surface area contributed by atoms with Gasteiger partial charge in [-0.05, 0) is 38.6 Å². The van der Waals surface area contributed by atoms with Crippen LogP contribution in [0.1, 0.15) is 58.3 Å². The van der Waals surface area contributed by atoms with E-state index < -0.39 is 10.2 Å². The van der Waals surface area contributed by atoms with Gasteiger partial charge in [-0.3, -0.25) is 0 Å². The molecule has 0 aromatic heterocycles. The fraction of sp³-hybridized carbons (Fsp3) is 1.00. The van der Waals surface area contributed by atoms with E-state index in [9.17, 15) is 8.42 Å². The minimum Gasteiger partial charge on any atom is -0.313 e. The highest BCUT2D eigenvalue weighted by Crippen LogP contribution is 2.25. The molecule has 0 amide bonds. The lowest BCUT2D eigenvalue weighted by atomic mass is 9.96. The molecule has 1 saturated heterocycles. The summed E-state index contributed by atoms with van der Waals surface area (Å²) in [5, 5.41) is 3.41. The van der Waals surface area contributed by atoms with Gasteiger partial charge >= 0.3 is 0 Å². The summed E-state index contributed by atoms with van der Waals surface area (Å²) in [7, 11) is -1.55. The van der Waals surface area contributed by atoms with Gasteiger partial charge in [-0.25, -0.2) is 0 Å². The molecule has 1 saturated carbocycles. The minimum absolute atomic E-state index is 0.194. The summed E-state index contributed by atoms with van der Waals surface area (Å²) >= 11 is 0. The Balaban J connectivity index is 2.03. The van der Waals surface area contributed by atoms with Gasteiger partial charge in [0.15, 0.2) is 0 Å². The predicted octanol–water partition coefficient (Wildman–Crippen LogP) is 1.96. The molecule has 5 nitrogen and oxygen atoms in total. The summed E-state index contributed by atoms with van der Waals surface area (Å²) in [5.41, 5.74) is 0. The maximum atomic E-state index is 12.9. The molecule has 1 N–H and O–H groups in total. The van der Waals surface area contributed by atoms with E-state index in [1.54, 1.807) is 15.7 Å². The van der Waals surface area contributed by atoms with Gasteiger partial charge in [-0.1, -0.05) is 26.2 Å². The molecule has 1 unspecified atom stereocenters. The highest BCUT2D eigenvalue weighted by atomic mass is 32.2. The Kier molecular flexibility index (Phi) is 6.47. The van der Waals surface area contributed by atoms with Crippen molar-refractivity contribution in [2.24, 2.45) is 0 Å². The fourth-order valence-electron chi connectivity index (χ4n) is 3.52. The summed E-state index contributed by atoms with van der Waals surface area (Å²) in [6, 6.07) is 0.519. The quantitative estimate of drug-likeness (QED) is 0.781. The van der Waals surface area contributed by atoms with E-state index in [1.807, 2.05) is 6.92 Å². The largest absolute Gasteiger partial charge is 0.313 e. The number of rotatable bonds is 7. The third kappa shape index (κ3) is 4.41. The fourth-order valence-corrected chi connectivity index (χ4v) is 5.26. The maximum absolute atomic E-state index is 12.9. The van der Waals surface area contributed by atoms with Gasteiger partial charge in [0.25, 0.3) is 10.2 Å².